The molecule has 1 atom stereocenters. The lowest BCUT2D eigenvalue weighted by Crippen LogP contribution is -2.52. The fraction of sp³-hybridized carbons (Fsp3) is 0.611. The predicted molar refractivity (Wildman–Crippen MR) is 95.2 cm³/mol. The molecule has 132 valence electrons. The van der Waals surface area contributed by atoms with Crippen LogP contribution in [0, 0.1) is 0 Å². The summed E-state index contributed by atoms with van der Waals surface area (Å²) in [6, 6.07) is 8.04. The van der Waals surface area contributed by atoms with E-state index in [0.29, 0.717) is 19.7 Å². The Morgan fingerprint density at radius 1 is 1.21 bits per heavy atom. The topological polar surface area (TPSA) is 36.0 Å². The molecule has 6 heteroatoms. The summed E-state index contributed by atoms with van der Waals surface area (Å²) in [7, 11) is 0. The molecule has 0 bridgehead atoms. The number of nitrogens with zero attached hydrogens (tertiary/aromatic N) is 3. The Hall–Kier alpha value is -1.14. The van der Waals surface area contributed by atoms with E-state index in [4.69, 9.17) is 16.3 Å². The van der Waals surface area contributed by atoms with Crippen molar-refractivity contribution in [3.8, 4) is 0 Å². The van der Waals surface area contributed by atoms with Crippen LogP contribution in [0.4, 0.5) is 0 Å². The maximum atomic E-state index is 12.4. The van der Waals surface area contributed by atoms with Gasteiger partial charge in [-0.2, -0.15) is 0 Å². The number of carbonyl (C=O) groups is 1. The van der Waals surface area contributed by atoms with E-state index in [1.165, 1.54) is 5.56 Å². The van der Waals surface area contributed by atoms with Crippen LogP contribution in [0.5, 0.6) is 0 Å². The van der Waals surface area contributed by atoms with E-state index in [9.17, 15) is 4.79 Å². The Morgan fingerprint density at radius 2 is 1.96 bits per heavy atom. The van der Waals surface area contributed by atoms with E-state index in [-0.39, 0.29) is 12.0 Å². The second-order valence-corrected chi connectivity index (χ2v) is 7.14. The molecule has 2 fully saturated rings. The van der Waals surface area contributed by atoms with E-state index in [0.717, 1.165) is 44.3 Å². The SMILES string of the molecule is CC1CN(C(=O)CN2CCN(Cc3cccc(Cl)c3)CC2)CCO1. The maximum absolute atomic E-state index is 12.4. The first-order chi connectivity index (χ1) is 11.6. The number of rotatable bonds is 4. The molecule has 3 rings (SSSR count). The molecular formula is C18H26ClN3O2. The van der Waals surface area contributed by atoms with Gasteiger partial charge in [-0.15, -0.1) is 0 Å². The predicted octanol–water partition coefficient (Wildman–Crippen LogP) is 1.70. The zero-order chi connectivity index (χ0) is 16.9. The van der Waals surface area contributed by atoms with E-state index >= 15 is 0 Å². The number of amides is 1. The second kappa shape index (κ2) is 8.30. The zero-order valence-corrected chi connectivity index (χ0v) is 15.0. The highest BCUT2D eigenvalue weighted by atomic mass is 35.5. The highest BCUT2D eigenvalue weighted by Gasteiger charge is 2.25. The third-order valence-corrected chi connectivity index (χ3v) is 4.95. The summed E-state index contributed by atoms with van der Waals surface area (Å²) < 4.78 is 5.50. The highest BCUT2D eigenvalue weighted by molar-refractivity contribution is 6.30. The molecule has 1 unspecified atom stereocenters. The largest absolute Gasteiger partial charge is 0.375 e. The van der Waals surface area contributed by atoms with Crippen molar-refractivity contribution in [1.29, 1.82) is 0 Å². The third kappa shape index (κ3) is 4.93. The molecule has 0 saturated carbocycles. The van der Waals surface area contributed by atoms with E-state index < -0.39 is 0 Å². The van der Waals surface area contributed by atoms with Gasteiger partial charge in [-0.3, -0.25) is 14.6 Å². The summed E-state index contributed by atoms with van der Waals surface area (Å²) in [6.45, 7) is 9.40. The Morgan fingerprint density at radius 3 is 2.67 bits per heavy atom. The minimum atomic E-state index is 0.150. The number of piperazine rings is 1. The van der Waals surface area contributed by atoms with E-state index in [1.54, 1.807) is 0 Å². The zero-order valence-electron chi connectivity index (χ0n) is 14.3. The lowest BCUT2D eigenvalue weighted by molar-refractivity contribution is -0.139. The van der Waals surface area contributed by atoms with Gasteiger partial charge in [-0.05, 0) is 24.6 Å². The van der Waals surface area contributed by atoms with Crippen LogP contribution in [0.15, 0.2) is 24.3 Å². The van der Waals surface area contributed by atoms with Gasteiger partial charge in [-0.25, -0.2) is 0 Å². The van der Waals surface area contributed by atoms with Crippen molar-refractivity contribution in [2.24, 2.45) is 0 Å². The minimum absolute atomic E-state index is 0.150. The van der Waals surface area contributed by atoms with E-state index in [2.05, 4.69) is 15.9 Å². The van der Waals surface area contributed by atoms with Crippen LogP contribution < -0.4 is 0 Å². The number of halogens is 1. The number of benzene rings is 1. The van der Waals surface area contributed by atoms with Crippen molar-refractivity contribution in [3.63, 3.8) is 0 Å². The molecule has 2 heterocycles. The maximum Gasteiger partial charge on any atom is 0.236 e. The standard InChI is InChI=1S/C18H26ClN3O2/c1-15-12-22(9-10-24-15)18(23)14-21-7-5-20(6-8-21)13-16-3-2-4-17(19)11-16/h2-4,11,15H,5-10,12-14H2,1H3. The molecule has 1 aromatic rings. The highest BCUT2D eigenvalue weighted by Crippen LogP contribution is 2.14. The van der Waals surface area contributed by atoms with Gasteiger partial charge in [0.1, 0.15) is 0 Å². The van der Waals surface area contributed by atoms with Crippen LogP contribution in [0.3, 0.4) is 0 Å². The van der Waals surface area contributed by atoms with Crippen molar-refractivity contribution in [1.82, 2.24) is 14.7 Å². The molecule has 0 aromatic heterocycles. The monoisotopic (exact) mass is 351 g/mol. The number of hydrogen-bond acceptors (Lipinski definition) is 4. The lowest BCUT2D eigenvalue weighted by Gasteiger charge is -2.37. The van der Waals surface area contributed by atoms with Crippen LogP contribution in [0.2, 0.25) is 5.02 Å². The van der Waals surface area contributed by atoms with Crippen LogP contribution >= 0.6 is 11.6 Å². The van der Waals surface area contributed by atoms with Gasteiger partial charge in [0, 0.05) is 50.8 Å². The first-order valence-corrected chi connectivity index (χ1v) is 9.06. The van der Waals surface area contributed by atoms with Crippen LogP contribution in [-0.4, -0.2) is 79.1 Å². The molecule has 2 aliphatic rings. The van der Waals surface area contributed by atoms with Crippen LogP contribution in [-0.2, 0) is 16.1 Å². The van der Waals surface area contributed by atoms with E-state index in [1.807, 2.05) is 30.0 Å². The minimum Gasteiger partial charge on any atom is -0.375 e. The fourth-order valence-corrected chi connectivity index (χ4v) is 3.55. The summed E-state index contributed by atoms with van der Waals surface area (Å²) in [5.41, 5.74) is 1.24. The molecule has 0 aliphatic carbocycles. The summed E-state index contributed by atoms with van der Waals surface area (Å²) in [6.07, 6.45) is 0.150. The van der Waals surface area contributed by atoms with Gasteiger partial charge in [0.25, 0.3) is 0 Å². The summed E-state index contributed by atoms with van der Waals surface area (Å²) >= 11 is 6.05. The van der Waals surface area contributed by atoms with Gasteiger partial charge in [0.15, 0.2) is 0 Å². The average molecular weight is 352 g/mol. The molecule has 24 heavy (non-hydrogen) atoms. The molecular weight excluding hydrogens is 326 g/mol. The fourth-order valence-electron chi connectivity index (χ4n) is 3.34. The Labute approximate surface area is 149 Å². The van der Waals surface area contributed by atoms with Crippen molar-refractivity contribution in [2.75, 3.05) is 52.4 Å². The van der Waals surface area contributed by atoms with Crippen molar-refractivity contribution in [3.05, 3.63) is 34.9 Å². The van der Waals surface area contributed by atoms with Gasteiger partial charge >= 0.3 is 0 Å². The molecule has 2 saturated heterocycles. The molecule has 0 radical (unpaired) electrons. The third-order valence-electron chi connectivity index (χ3n) is 4.71. The first-order valence-electron chi connectivity index (χ1n) is 8.68. The molecule has 1 aromatic carbocycles. The molecule has 1 amide bonds. The number of hydrogen-bond donors (Lipinski definition) is 0. The molecule has 0 N–H and O–H groups in total. The van der Waals surface area contributed by atoms with Gasteiger partial charge < -0.3 is 9.64 Å². The first kappa shape index (κ1) is 17.7. The summed E-state index contributed by atoms with van der Waals surface area (Å²) in [4.78, 5) is 19.0. The van der Waals surface area contributed by atoms with Crippen LogP contribution in [0.25, 0.3) is 0 Å². The smallest absolute Gasteiger partial charge is 0.236 e. The van der Waals surface area contributed by atoms with Gasteiger partial charge in [-0.1, -0.05) is 23.7 Å². The van der Waals surface area contributed by atoms with Gasteiger partial charge in [0.2, 0.25) is 5.91 Å². The average Bonchev–Trinajstić information content (AvgIpc) is 2.57. The molecule has 2 aliphatic heterocycles. The Kier molecular flexibility index (Phi) is 6.11. The normalized spacial score (nSPS) is 23.4. The summed E-state index contributed by atoms with van der Waals surface area (Å²) in [5, 5.41) is 0.788. The molecule has 5 nitrogen and oxygen atoms in total. The Balaban J connectivity index is 1.42. The van der Waals surface area contributed by atoms with Crippen molar-refractivity contribution in [2.45, 2.75) is 19.6 Å². The van der Waals surface area contributed by atoms with Crippen molar-refractivity contribution >= 4 is 17.5 Å². The molecule has 0 spiro atoms. The Bertz CT molecular complexity index is 561. The van der Waals surface area contributed by atoms with Gasteiger partial charge in [0.05, 0.1) is 19.3 Å². The number of ether oxygens (including phenoxy) is 1. The second-order valence-electron chi connectivity index (χ2n) is 6.70. The van der Waals surface area contributed by atoms with Crippen LogP contribution in [0.1, 0.15) is 12.5 Å². The number of carbonyl (C=O) groups excluding carboxylic acids is 1. The lowest BCUT2D eigenvalue weighted by atomic mass is 10.2. The summed E-state index contributed by atoms with van der Waals surface area (Å²) in [5.74, 6) is 0.230. The number of morpholine rings is 1. The quantitative estimate of drug-likeness (QED) is 0.827. The van der Waals surface area contributed by atoms with Crippen molar-refractivity contribution < 1.29 is 9.53 Å².